The van der Waals surface area contributed by atoms with Crippen LogP contribution in [-0.2, 0) is 6.42 Å². The first-order valence-electron chi connectivity index (χ1n) is 9.08. The number of hydrogen-bond acceptors (Lipinski definition) is 1. The summed E-state index contributed by atoms with van der Waals surface area (Å²) in [5.74, 6) is 0.934. The Kier molecular flexibility index (Phi) is 2.76. The molecule has 1 aromatic carbocycles. The minimum atomic E-state index is 0.575. The second-order valence-corrected chi connectivity index (χ2v) is 8.12. The van der Waals surface area contributed by atoms with Crippen molar-refractivity contribution in [2.24, 2.45) is 11.3 Å². The number of rotatable bonds is 0. The molecule has 2 nitrogen and oxygen atoms in total. The Morgan fingerprint density at radius 1 is 1.23 bits per heavy atom. The first kappa shape index (κ1) is 13.2. The standard InChI is InChI=1S/C20H26N2/c1-20-10-5-4-6-14(20)13-22-11-9-16-15-7-2-3-8-17(15)21-19(16)18(22)12-20/h2-3,7-8,14,18,21H,4-6,9-13H2,1H3/t14-,18?,20?/m0/s1. The molecule has 2 aliphatic heterocycles. The molecule has 1 aliphatic carbocycles. The van der Waals surface area contributed by atoms with Crippen molar-refractivity contribution in [3.8, 4) is 0 Å². The number of hydrogen-bond donors (Lipinski definition) is 1. The lowest BCUT2D eigenvalue weighted by Gasteiger charge is -2.53. The van der Waals surface area contributed by atoms with Crippen molar-refractivity contribution in [2.75, 3.05) is 13.1 Å². The van der Waals surface area contributed by atoms with Crippen LogP contribution in [0.15, 0.2) is 24.3 Å². The summed E-state index contributed by atoms with van der Waals surface area (Å²) in [5, 5.41) is 1.47. The van der Waals surface area contributed by atoms with E-state index in [1.54, 1.807) is 5.56 Å². The second kappa shape index (κ2) is 4.61. The van der Waals surface area contributed by atoms with Crippen LogP contribution in [0, 0.1) is 11.3 Å². The van der Waals surface area contributed by atoms with E-state index in [1.807, 2.05) is 0 Å². The molecule has 1 saturated heterocycles. The van der Waals surface area contributed by atoms with Crippen LogP contribution in [0.5, 0.6) is 0 Å². The van der Waals surface area contributed by atoms with Crippen molar-refractivity contribution in [1.29, 1.82) is 0 Å². The largest absolute Gasteiger partial charge is 0.357 e. The van der Waals surface area contributed by atoms with Gasteiger partial charge in [0.15, 0.2) is 0 Å². The fourth-order valence-electron chi connectivity index (χ4n) is 5.60. The van der Waals surface area contributed by atoms with Gasteiger partial charge in [-0.25, -0.2) is 0 Å². The number of para-hydroxylation sites is 1. The van der Waals surface area contributed by atoms with Crippen molar-refractivity contribution in [2.45, 2.75) is 51.5 Å². The fraction of sp³-hybridized carbons (Fsp3) is 0.600. The van der Waals surface area contributed by atoms with E-state index in [-0.39, 0.29) is 0 Å². The number of fused-ring (bicyclic) bond motifs is 6. The van der Waals surface area contributed by atoms with Gasteiger partial charge in [-0.1, -0.05) is 38.0 Å². The summed E-state index contributed by atoms with van der Waals surface area (Å²) in [6.45, 7) is 5.16. The molecule has 1 N–H and O–H groups in total. The van der Waals surface area contributed by atoms with Crippen LogP contribution in [-0.4, -0.2) is 23.0 Å². The highest BCUT2D eigenvalue weighted by Crippen LogP contribution is 2.53. The number of piperidine rings is 1. The van der Waals surface area contributed by atoms with E-state index in [1.165, 1.54) is 68.2 Å². The zero-order valence-electron chi connectivity index (χ0n) is 13.6. The molecule has 3 atom stereocenters. The van der Waals surface area contributed by atoms with E-state index in [0.717, 1.165) is 5.92 Å². The Morgan fingerprint density at radius 2 is 2.14 bits per heavy atom. The highest BCUT2D eigenvalue weighted by atomic mass is 15.2. The van der Waals surface area contributed by atoms with Crippen LogP contribution in [0.2, 0.25) is 0 Å². The molecule has 0 spiro atoms. The van der Waals surface area contributed by atoms with Gasteiger partial charge >= 0.3 is 0 Å². The van der Waals surface area contributed by atoms with E-state index in [0.29, 0.717) is 11.5 Å². The Morgan fingerprint density at radius 3 is 3.09 bits per heavy atom. The quantitative estimate of drug-likeness (QED) is 0.748. The molecule has 0 radical (unpaired) electrons. The molecule has 2 unspecified atom stereocenters. The third kappa shape index (κ3) is 1.76. The Bertz CT molecular complexity index is 716. The molecule has 1 saturated carbocycles. The number of nitrogens with zero attached hydrogens (tertiary/aromatic N) is 1. The molecule has 2 heteroatoms. The number of nitrogens with one attached hydrogen (secondary N) is 1. The summed E-state index contributed by atoms with van der Waals surface area (Å²) >= 11 is 0. The van der Waals surface area contributed by atoms with E-state index >= 15 is 0 Å². The molecule has 0 bridgehead atoms. The minimum absolute atomic E-state index is 0.575. The van der Waals surface area contributed by atoms with Crippen molar-refractivity contribution < 1.29 is 0 Å². The van der Waals surface area contributed by atoms with Gasteiger partial charge in [-0.2, -0.15) is 0 Å². The van der Waals surface area contributed by atoms with Crippen LogP contribution < -0.4 is 0 Å². The molecule has 3 aliphatic rings. The molecule has 5 rings (SSSR count). The van der Waals surface area contributed by atoms with Gasteiger partial charge in [0.25, 0.3) is 0 Å². The molecule has 1 aromatic heterocycles. The van der Waals surface area contributed by atoms with Gasteiger partial charge < -0.3 is 4.98 Å². The summed E-state index contributed by atoms with van der Waals surface area (Å²) in [5.41, 5.74) is 5.06. The number of H-pyrrole nitrogens is 1. The Hall–Kier alpha value is -1.28. The summed E-state index contributed by atoms with van der Waals surface area (Å²) < 4.78 is 0. The third-order valence-electron chi connectivity index (χ3n) is 6.92. The summed E-state index contributed by atoms with van der Waals surface area (Å²) in [6.07, 6.45) is 8.38. The smallest absolute Gasteiger partial charge is 0.0507 e. The highest BCUT2D eigenvalue weighted by Gasteiger charge is 2.47. The average molecular weight is 294 g/mol. The summed E-state index contributed by atoms with van der Waals surface area (Å²) in [6, 6.07) is 9.51. The van der Waals surface area contributed by atoms with Gasteiger partial charge in [0.1, 0.15) is 0 Å². The summed E-state index contributed by atoms with van der Waals surface area (Å²) in [7, 11) is 0. The van der Waals surface area contributed by atoms with E-state index in [2.05, 4.69) is 41.1 Å². The number of aromatic nitrogens is 1. The first-order chi connectivity index (χ1) is 10.7. The lowest BCUT2D eigenvalue weighted by Crippen LogP contribution is -2.51. The maximum Gasteiger partial charge on any atom is 0.0507 e. The molecule has 2 fully saturated rings. The lowest BCUT2D eigenvalue weighted by atomic mass is 9.61. The lowest BCUT2D eigenvalue weighted by molar-refractivity contribution is -0.0301. The van der Waals surface area contributed by atoms with Crippen LogP contribution in [0.4, 0.5) is 0 Å². The molecule has 3 heterocycles. The minimum Gasteiger partial charge on any atom is -0.357 e. The van der Waals surface area contributed by atoms with E-state index < -0.39 is 0 Å². The average Bonchev–Trinajstić information content (AvgIpc) is 2.92. The maximum absolute atomic E-state index is 3.79. The zero-order valence-corrected chi connectivity index (χ0v) is 13.6. The van der Waals surface area contributed by atoms with Crippen molar-refractivity contribution in [1.82, 2.24) is 9.88 Å². The molecule has 22 heavy (non-hydrogen) atoms. The second-order valence-electron chi connectivity index (χ2n) is 8.12. The van der Waals surface area contributed by atoms with Crippen LogP contribution >= 0.6 is 0 Å². The first-order valence-corrected chi connectivity index (χ1v) is 9.08. The Labute approximate surface area is 132 Å². The molecule has 116 valence electrons. The van der Waals surface area contributed by atoms with Gasteiger partial charge in [-0.05, 0) is 48.6 Å². The molecule has 2 aromatic rings. The monoisotopic (exact) mass is 294 g/mol. The van der Waals surface area contributed by atoms with Crippen LogP contribution in [0.3, 0.4) is 0 Å². The van der Waals surface area contributed by atoms with Gasteiger partial charge in [0, 0.05) is 29.7 Å². The SMILES string of the molecule is CC12CCCC[C@H]1CN1CCc3c([nH]c4ccccc34)C1C2. The Balaban J connectivity index is 1.58. The number of aromatic amines is 1. The molecule has 0 amide bonds. The normalized spacial score (nSPS) is 35.0. The van der Waals surface area contributed by atoms with Gasteiger partial charge in [-0.3, -0.25) is 4.90 Å². The van der Waals surface area contributed by atoms with Gasteiger partial charge in [-0.15, -0.1) is 0 Å². The van der Waals surface area contributed by atoms with Crippen LogP contribution in [0.25, 0.3) is 10.9 Å². The van der Waals surface area contributed by atoms with Crippen LogP contribution in [0.1, 0.15) is 56.3 Å². The number of benzene rings is 1. The predicted molar refractivity (Wildman–Crippen MR) is 91.0 cm³/mol. The highest BCUT2D eigenvalue weighted by molar-refractivity contribution is 5.85. The van der Waals surface area contributed by atoms with Gasteiger partial charge in [0.05, 0.1) is 6.04 Å². The van der Waals surface area contributed by atoms with Crippen molar-refractivity contribution in [3.05, 3.63) is 35.5 Å². The van der Waals surface area contributed by atoms with E-state index in [9.17, 15) is 0 Å². The topological polar surface area (TPSA) is 19.0 Å². The fourth-order valence-corrected chi connectivity index (χ4v) is 5.60. The molecular weight excluding hydrogens is 268 g/mol. The van der Waals surface area contributed by atoms with Gasteiger partial charge in [0.2, 0.25) is 0 Å². The van der Waals surface area contributed by atoms with E-state index in [4.69, 9.17) is 0 Å². The third-order valence-corrected chi connectivity index (χ3v) is 6.92. The maximum atomic E-state index is 3.79. The van der Waals surface area contributed by atoms with Crippen molar-refractivity contribution >= 4 is 10.9 Å². The summed E-state index contributed by atoms with van der Waals surface area (Å²) in [4.78, 5) is 6.57. The predicted octanol–water partition coefficient (Wildman–Crippen LogP) is 4.67. The zero-order chi connectivity index (χ0) is 14.7. The van der Waals surface area contributed by atoms with Crippen molar-refractivity contribution in [3.63, 3.8) is 0 Å². The molecular formula is C20H26N2.